The van der Waals surface area contributed by atoms with Gasteiger partial charge in [-0.25, -0.2) is 0 Å². The minimum Gasteiger partial charge on any atom is -0.324 e. The molecule has 3 aromatic rings. The Morgan fingerprint density at radius 2 is 1.87 bits per heavy atom. The average Bonchev–Trinajstić information content (AvgIpc) is 2.89. The van der Waals surface area contributed by atoms with Crippen LogP contribution in [-0.4, -0.2) is 28.2 Å². The molecule has 2 amide bonds. The predicted octanol–water partition coefficient (Wildman–Crippen LogP) is 4.85. The Hall–Kier alpha value is -3.52. The number of nitrogens with one attached hydrogen (secondary N) is 1. The third-order valence-corrected chi connectivity index (χ3v) is 5.73. The zero-order valence-corrected chi connectivity index (χ0v) is 18.1. The fraction of sp³-hybridized carbons (Fsp3) is 0.130. The number of aryl methyl sites for hydroxylation is 1. The van der Waals surface area contributed by atoms with Gasteiger partial charge < -0.3 is 10.2 Å². The highest BCUT2D eigenvalue weighted by molar-refractivity contribution is 9.10. The molecule has 0 spiro atoms. The lowest BCUT2D eigenvalue weighted by molar-refractivity contribution is -0.385. The third-order valence-electron chi connectivity index (χ3n) is 5.24. The molecule has 1 aliphatic rings. The molecule has 7 nitrogen and oxygen atoms in total. The molecule has 1 N–H and O–H groups in total. The summed E-state index contributed by atoms with van der Waals surface area (Å²) in [5, 5.41) is 14.2. The number of amides is 2. The van der Waals surface area contributed by atoms with E-state index in [-0.39, 0.29) is 23.7 Å². The summed E-state index contributed by atoms with van der Waals surface area (Å²) >= 11 is 3.48. The molecule has 31 heavy (non-hydrogen) atoms. The topological polar surface area (TPSA) is 92.6 Å². The summed E-state index contributed by atoms with van der Waals surface area (Å²) < 4.78 is 0.807. The second kappa shape index (κ2) is 8.31. The maximum atomic E-state index is 13.6. The molecule has 1 aliphatic heterocycles. The van der Waals surface area contributed by atoms with Crippen LogP contribution in [0.3, 0.4) is 0 Å². The van der Waals surface area contributed by atoms with Crippen molar-refractivity contribution in [2.24, 2.45) is 0 Å². The van der Waals surface area contributed by atoms with Crippen molar-refractivity contribution in [3.05, 3.63) is 104 Å². The van der Waals surface area contributed by atoms with Crippen LogP contribution in [-0.2, 0) is 4.79 Å². The number of fused-ring (bicyclic) bond motifs is 1. The summed E-state index contributed by atoms with van der Waals surface area (Å²) in [6.45, 7) is 1.43. The Kier molecular flexibility index (Phi) is 5.56. The van der Waals surface area contributed by atoms with Crippen molar-refractivity contribution in [2.45, 2.75) is 13.0 Å². The van der Waals surface area contributed by atoms with E-state index < -0.39 is 16.9 Å². The Bertz CT molecular complexity index is 1200. The van der Waals surface area contributed by atoms with E-state index in [1.807, 2.05) is 42.5 Å². The van der Waals surface area contributed by atoms with E-state index in [2.05, 4.69) is 21.2 Å². The summed E-state index contributed by atoms with van der Waals surface area (Å²) in [6, 6.07) is 18.7. The molecule has 0 aliphatic carbocycles. The van der Waals surface area contributed by atoms with Crippen LogP contribution in [0.15, 0.2) is 71.2 Å². The molecule has 0 aromatic heterocycles. The SMILES string of the molecule is Cc1ccc(C(=O)N2CC(=O)Nc3ccc(Br)cc3[C@H]2c2ccccc2)cc1[N+](=O)[O-]. The van der Waals surface area contributed by atoms with Gasteiger partial charge in [-0.15, -0.1) is 0 Å². The van der Waals surface area contributed by atoms with Crippen LogP contribution in [0.2, 0.25) is 0 Å². The number of hydrogen-bond acceptors (Lipinski definition) is 4. The minimum atomic E-state index is -0.555. The van der Waals surface area contributed by atoms with Gasteiger partial charge in [0.05, 0.1) is 11.0 Å². The first-order chi connectivity index (χ1) is 14.8. The monoisotopic (exact) mass is 479 g/mol. The Balaban J connectivity index is 1.88. The van der Waals surface area contributed by atoms with Gasteiger partial charge in [0, 0.05) is 32.9 Å². The molecule has 156 valence electrons. The average molecular weight is 480 g/mol. The lowest BCUT2D eigenvalue weighted by Gasteiger charge is -2.30. The number of anilines is 1. The summed E-state index contributed by atoms with van der Waals surface area (Å²) in [4.78, 5) is 38.6. The number of nitro benzene ring substituents is 1. The van der Waals surface area contributed by atoms with E-state index in [1.165, 1.54) is 11.0 Å². The van der Waals surface area contributed by atoms with Gasteiger partial charge in [-0.05, 0) is 36.8 Å². The lowest BCUT2D eigenvalue weighted by atomic mass is 9.95. The highest BCUT2D eigenvalue weighted by atomic mass is 79.9. The third kappa shape index (κ3) is 4.06. The fourth-order valence-electron chi connectivity index (χ4n) is 3.77. The largest absolute Gasteiger partial charge is 0.324 e. The molecule has 0 bridgehead atoms. The van der Waals surface area contributed by atoms with Crippen molar-refractivity contribution in [3.8, 4) is 0 Å². The van der Waals surface area contributed by atoms with Crippen LogP contribution < -0.4 is 5.32 Å². The summed E-state index contributed by atoms with van der Waals surface area (Å²) in [5.41, 5.74) is 2.68. The first-order valence-corrected chi connectivity index (χ1v) is 10.3. The Labute approximate surface area is 187 Å². The Morgan fingerprint density at radius 1 is 1.13 bits per heavy atom. The van der Waals surface area contributed by atoms with Gasteiger partial charge in [0.15, 0.2) is 0 Å². The normalized spacial score (nSPS) is 15.6. The number of halogens is 1. The maximum Gasteiger partial charge on any atom is 0.273 e. The number of rotatable bonds is 3. The molecule has 8 heteroatoms. The molecule has 1 heterocycles. The van der Waals surface area contributed by atoms with E-state index in [4.69, 9.17) is 0 Å². The number of carbonyl (C=O) groups excluding carboxylic acids is 2. The number of hydrogen-bond donors (Lipinski definition) is 1. The molecule has 0 unspecified atom stereocenters. The van der Waals surface area contributed by atoms with Crippen LogP contribution in [0, 0.1) is 17.0 Å². The molecule has 0 saturated carbocycles. The van der Waals surface area contributed by atoms with Gasteiger partial charge in [-0.2, -0.15) is 0 Å². The van der Waals surface area contributed by atoms with Gasteiger partial charge in [0.25, 0.3) is 11.6 Å². The maximum absolute atomic E-state index is 13.6. The van der Waals surface area contributed by atoms with Crippen LogP contribution in [0.5, 0.6) is 0 Å². The van der Waals surface area contributed by atoms with E-state index in [0.29, 0.717) is 11.3 Å². The van der Waals surface area contributed by atoms with Crippen molar-refractivity contribution >= 4 is 39.1 Å². The lowest BCUT2D eigenvalue weighted by Crippen LogP contribution is -2.39. The van der Waals surface area contributed by atoms with E-state index >= 15 is 0 Å². The smallest absolute Gasteiger partial charge is 0.273 e. The van der Waals surface area contributed by atoms with Crippen molar-refractivity contribution in [1.82, 2.24) is 4.90 Å². The summed E-state index contributed by atoms with van der Waals surface area (Å²) in [7, 11) is 0. The molecule has 0 fully saturated rings. The molecule has 4 rings (SSSR count). The Morgan fingerprint density at radius 3 is 2.58 bits per heavy atom. The number of carbonyl (C=O) groups is 2. The van der Waals surface area contributed by atoms with Crippen molar-refractivity contribution in [2.75, 3.05) is 11.9 Å². The quantitative estimate of drug-likeness (QED) is 0.429. The molecule has 0 saturated heterocycles. The predicted molar refractivity (Wildman–Crippen MR) is 120 cm³/mol. The van der Waals surface area contributed by atoms with Gasteiger partial charge in [-0.1, -0.05) is 52.3 Å². The zero-order chi connectivity index (χ0) is 22.1. The zero-order valence-electron chi connectivity index (χ0n) is 16.5. The first kappa shape index (κ1) is 20.7. The highest BCUT2D eigenvalue weighted by Crippen LogP contribution is 2.38. The van der Waals surface area contributed by atoms with Crippen LogP contribution >= 0.6 is 15.9 Å². The van der Waals surface area contributed by atoms with Crippen LogP contribution in [0.1, 0.15) is 33.1 Å². The van der Waals surface area contributed by atoms with Gasteiger partial charge in [-0.3, -0.25) is 19.7 Å². The molecule has 3 aromatic carbocycles. The molecule has 0 radical (unpaired) electrons. The second-order valence-corrected chi connectivity index (χ2v) is 8.20. The molecule has 1 atom stereocenters. The van der Waals surface area contributed by atoms with Gasteiger partial charge in [0.2, 0.25) is 5.91 Å². The number of nitro groups is 1. The van der Waals surface area contributed by atoms with Crippen LogP contribution in [0.25, 0.3) is 0 Å². The van der Waals surface area contributed by atoms with E-state index in [0.717, 1.165) is 15.6 Å². The number of benzene rings is 3. The van der Waals surface area contributed by atoms with Gasteiger partial charge >= 0.3 is 0 Å². The summed E-state index contributed by atoms with van der Waals surface area (Å²) in [6.07, 6.45) is 0. The van der Waals surface area contributed by atoms with E-state index in [1.54, 1.807) is 25.1 Å². The molecular formula is C23H18BrN3O4. The first-order valence-electron chi connectivity index (χ1n) is 9.55. The van der Waals surface area contributed by atoms with Crippen LogP contribution in [0.4, 0.5) is 11.4 Å². The fourth-order valence-corrected chi connectivity index (χ4v) is 4.14. The van der Waals surface area contributed by atoms with Gasteiger partial charge in [0.1, 0.15) is 6.54 Å². The highest BCUT2D eigenvalue weighted by Gasteiger charge is 2.34. The van der Waals surface area contributed by atoms with Crippen molar-refractivity contribution < 1.29 is 14.5 Å². The minimum absolute atomic E-state index is 0.135. The van der Waals surface area contributed by atoms with E-state index in [9.17, 15) is 19.7 Å². The molecular weight excluding hydrogens is 462 g/mol. The summed E-state index contributed by atoms with van der Waals surface area (Å²) in [5.74, 6) is -0.795. The van der Waals surface area contributed by atoms with Crippen molar-refractivity contribution in [3.63, 3.8) is 0 Å². The van der Waals surface area contributed by atoms with Crippen molar-refractivity contribution in [1.29, 1.82) is 0 Å². The number of nitrogens with zero attached hydrogens (tertiary/aromatic N) is 2. The standard InChI is InChI=1S/C23H18BrN3O4/c1-14-7-8-16(11-20(14)27(30)31)23(29)26-13-21(28)25-19-10-9-17(24)12-18(19)22(26)15-5-3-2-4-6-15/h2-12,22H,13H2,1H3,(H,25,28)/t22-/m1/s1. The second-order valence-electron chi connectivity index (χ2n) is 7.28.